The Bertz CT molecular complexity index is 565. The van der Waals surface area contributed by atoms with Crippen LogP contribution in [-0.2, 0) is 4.79 Å². The fourth-order valence-electron chi connectivity index (χ4n) is 1.36. The molecule has 104 valence electrons. The molecule has 0 saturated carbocycles. The average Bonchev–Trinajstić information content (AvgIpc) is 2.41. The summed E-state index contributed by atoms with van der Waals surface area (Å²) < 4.78 is 5.22. The number of carbonyl (C=O) groups excluding carboxylic acids is 1. The Balaban J connectivity index is 2.78. The Kier molecular flexibility index (Phi) is 5.77. The van der Waals surface area contributed by atoms with Crippen molar-refractivity contribution in [3.8, 4) is 5.75 Å². The first-order valence-electron chi connectivity index (χ1n) is 5.94. The van der Waals surface area contributed by atoms with Gasteiger partial charge in [0.25, 0.3) is 0 Å². The summed E-state index contributed by atoms with van der Waals surface area (Å²) in [6, 6.07) is 6.53. The highest BCUT2D eigenvalue weighted by Crippen LogP contribution is 2.19. The number of esters is 1. The second kappa shape index (κ2) is 7.58. The molecule has 0 heterocycles. The lowest BCUT2D eigenvalue weighted by Gasteiger charge is -2.05. The molecule has 0 bridgehead atoms. The fraction of sp³-hybridized carbons (Fsp3) is 0.0667. The molecule has 0 aliphatic rings. The van der Waals surface area contributed by atoms with Gasteiger partial charge in [0.05, 0.1) is 11.3 Å². The molecule has 1 rings (SSSR count). The first-order valence-corrected chi connectivity index (χ1v) is 5.94. The normalized spacial score (nSPS) is 11.2. The SMILES string of the molecule is C=C/C=C\C(=C/C)C(=O)Oc1ccc(N=C(N)N)cc1. The predicted molar refractivity (Wildman–Crippen MR) is 80.6 cm³/mol. The van der Waals surface area contributed by atoms with Gasteiger partial charge in [-0.25, -0.2) is 9.79 Å². The second-order valence-corrected chi connectivity index (χ2v) is 3.76. The van der Waals surface area contributed by atoms with Crippen LogP contribution in [0.3, 0.4) is 0 Å². The Morgan fingerprint density at radius 2 is 1.95 bits per heavy atom. The molecule has 0 amide bonds. The number of benzene rings is 1. The molecule has 0 radical (unpaired) electrons. The molecule has 0 aromatic heterocycles. The number of hydrogen-bond donors (Lipinski definition) is 2. The Labute approximate surface area is 117 Å². The van der Waals surface area contributed by atoms with Crippen molar-refractivity contribution in [2.45, 2.75) is 6.92 Å². The van der Waals surface area contributed by atoms with Crippen molar-refractivity contribution in [1.82, 2.24) is 0 Å². The Morgan fingerprint density at radius 1 is 1.30 bits per heavy atom. The average molecular weight is 271 g/mol. The lowest BCUT2D eigenvalue weighted by Crippen LogP contribution is -2.21. The maximum atomic E-state index is 11.9. The van der Waals surface area contributed by atoms with Crippen molar-refractivity contribution in [3.63, 3.8) is 0 Å². The molecule has 0 saturated heterocycles. The first kappa shape index (κ1) is 15.2. The number of aliphatic imine (C=N–C) groups is 1. The molecule has 0 atom stereocenters. The number of guanidine groups is 1. The van der Waals surface area contributed by atoms with Crippen LogP contribution in [0.25, 0.3) is 0 Å². The highest BCUT2D eigenvalue weighted by molar-refractivity contribution is 5.93. The highest BCUT2D eigenvalue weighted by atomic mass is 16.5. The van der Waals surface area contributed by atoms with E-state index in [0.717, 1.165) is 0 Å². The molecular weight excluding hydrogens is 254 g/mol. The molecule has 0 spiro atoms. The van der Waals surface area contributed by atoms with Gasteiger partial charge < -0.3 is 16.2 Å². The summed E-state index contributed by atoms with van der Waals surface area (Å²) in [5, 5.41) is 0. The highest BCUT2D eigenvalue weighted by Gasteiger charge is 2.08. The van der Waals surface area contributed by atoms with Crippen LogP contribution in [0.15, 0.2) is 65.7 Å². The maximum Gasteiger partial charge on any atom is 0.343 e. The van der Waals surface area contributed by atoms with Crippen LogP contribution in [-0.4, -0.2) is 11.9 Å². The summed E-state index contributed by atoms with van der Waals surface area (Å²) in [4.78, 5) is 15.7. The minimum Gasteiger partial charge on any atom is -0.423 e. The van der Waals surface area contributed by atoms with E-state index in [4.69, 9.17) is 16.2 Å². The van der Waals surface area contributed by atoms with Gasteiger partial charge in [-0.3, -0.25) is 0 Å². The van der Waals surface area contributed by atoms with Crippen molar-refractivity contribution in [2.24, 2.45) is 16.5 Å². The van der Waals surface area contributed by atoms with Gasteiger partial charge in [-0.1, -0.05) is 24.8 Å². The van der Waals surface area contributed by atoms with Crippen molar-refractivity contribution in [3.05, 3.63) is 60.7 Å². The number of nitrogens with zero attached hydrogens (tertiary/aromatic N) is 1. The van der Waals surface area contributed by atoms with Gasteiger partial charge in [-0.2, -0.15) is 0 Å². The lowest BCUT2D eigenvalue weighted by molar-refractivity contribution is -0.129. The summed E-state index contributed by atoms with van der Waals surface area (Å²) in [5.41, 5.74) is 11.6. The van der Waals surface area contributed by atoms with E-state index in [1.54, 1.807) is 55.5 Å². The third-order valence-corrected chi connectivity index (χ3v) is 2.26. The van der Waals surface area contributed by atoms with Crippen LogP contribution in [0.5, 0.6) is 5.75 Å². The third kappa shape index (κ3) is 4.81. The zero-order valence-electron chi connectivity index (χ0n) is 11.2. The van der Waals surface area contributed by atoms with Gasteiger partial charge in [0, 0.05) is 0 Å². The molecule has 1 aromatic rings. The number of hydrogen-bond acceptors (Lipinski definition) is 3. The number of carbonyl (C=O) groups is 1. The summed E-state index contributed by atoms with van der Waals surface area (Å²) in [7, 11) is 0. The standard InChI is InChI=1S/C15H17N3O2/c1-3-5-6-11(4-2)14(19)20-13-9-7-12(8-10-13)18-15(16)17/h3-10H,1H2,2H3,(H4,16,17,18)/b6-5-,11-4+. The van der Waals surface area contributed by atoms with Crippen molar-refractivity contribution in [1.29, 1.82) is 0 Å². The molecule has 0 aliphatic carbocycles. The van der Waals surface area contributed by atoms with Gasteiger partial charge in [-0.05, 0) is 37.3 Å². The maximum absolute atomic E-state index is 11.9. The smallest absolute Gasteiger partial charge is 0.343 e. The molecule has 20 heavy (non-hydrogen) atoms. The summed E-state index contributed by atoms with van der Waals surface area (Å²) >= 11 is 0. The van der Waals surface area contributed by atoms with E-state index in [1.165, 1.54) is 0 Å². The van der Waals surface area contributed by atoms with E-state index in [1.807, 2.05) is 0 Å². The number of ether oxygens (including phenoxy) is 1. The molecule has 5 heteroatoms. The minimum atomic E-state index is -0.444. The van der Waals surface area contributed by atoms with E-state index in [9.17, 15) is 4.79 Å². The number of nitrogens with two attached hydrogens (primary N) is 2. The van der Waals surface area contributed by atoms with Crippen LogP contribution < -0.4 is 16.2 Å². The molecule has 0 unspecified atom stereocenters. The van der Waals surface area contributed by atoms with Gasteiger partial charge in [0.2, 0.25) is 0 Å². The van der Waals surface area contributed by atoms with Crippen LogP contribution >= 0.6 is 0 Å². The van der Waals surface area contributed by atoms with E-state index in [0.29, 0.717) is 17.0 Å². The molecule has 1 aromatic carbocycles. The van der Waals surface area contributed by atoms with Crippen molar-refractivity contribution >= 4 is 17.6 Å². The molecule has 0 fully saturated rings. The first-order chi connectivity index (χ1) is 9.56. The van der Waals surface area contributed by atoms with E-state index in [-0.39, 0.29) is 5.96 Å². The second-order valence-electron chi connectivity index (χ2n) is 3.76. The fourth-order valence-corrected chi connectivity index (χ4v) is 1.36. The van der Waals surface area contributed by atoms with Gasteiger partial charge in [-0.15, -0.1) is 0 Å². The van der Waals surface area contributed by atoms with E-state index < -0.39 is 5.97 Å². The van der Waals surface area contributed by atoms with Gasteiger partial charge in [0.1, 0.15) is 5.75 Å². The number of allylic oxidation sites excluding steroid dienone is 3. The van der Waals surface area contributed by atoms with Gasteiger partial charge >= 0.3 is 5.97 Å². The monoisotopic (exact) mass is 271 g/mol. The zero-order valence-corrected chi connectivity index (χ0v) is 11.2. The summed E-state index contributed by atoms with van der Waals surface area (Å²) in [6.45, 7) is 5.30. The van der Waals surface area contributed by atoms with Crippen LogP contribution in [0.4, 0.5) is 5.69 Å². The molecule has 0 aliphatic heterocycles. The largest absolute Gasteiger partial charge is 0.423 e. The topological polar surface area (TPSA) is 90.7 Å². The minimum absolute atomic E-state index is 0.0273. The van der Waals surface area contributed by atoms with Crippen LogP contribution in [0.1, 0.15) is 6.92 Å². The van der Waals surface area contributed by atoms with E-state index >= 15 is 0 Å². The molecule has 5 nitrogen and oxygen atoms in total. The lowest BCUT2D eigenvalue weighted by atomic mass is 10.2. The van der Waals surface area contributed by atoms with Crippen molar-refractivity contribution in [2.75, 3.05) is 0 Å². The van der Waals surface area contributed by atoms with Crippen LogP contribution in [0, 0.1) is 0 Å². The zero-order chi connectivity index (χ0) is 15.0. The molecule has 4 N–H and O–H groups in total. The predicted octanol–water partition coefficient (Wildman–Crippen LogP) is 2.19. The van der Waals surface area contributed by atoms with Gasteiger partial charge in [0.15, 0.2) is 5.96 Å². The van der Waals surface area contributed by atoms with E-state index in [2.05, 4.69) is 11.6 Å². The Hall–Kier alpha value is -2.82. The Morgan fingerprint density at radius 3 is 2.45 bits per heavy atom. The summed E-state index contributed by atoms with van der Waals surface area (Å²) in [5.74, 6) is -0.0587. The molecular formula is C15H17N3O2. The van der Waals surface area contributed by atoms with Crippen molar-refractivity contribution < 1.29 is 9.53 Å². The summed E-state index contributed by atoms with van der Waals surface area (Å²) in [6.07, 6.45) is 6.54. The quantitative estimate of drug-likeness (QED) is 0.214. The third-order valence-electron chi connectivity index (χ3n) is 2.26. The number of rotatable bonds is 5. The van der Waals surface area contributed by atoms with Crippen LogP contribution in [0.2, 0.25) is 0 Å².